The van der Waals surface area contributed by atoms with Gasteiger partial charge in [-0.25, -0.2) is 4.39 Å². The van der Waals surface area contributed by atoms with Gasteiger partial charge in [0.05, 0.1) is 0 Å². The van der Waals surface area contributed by atoms with Crippen molar-refractivity contribution in [3.63, 3.8) is 0 Å². The molecule has 0 aromatic heterocycles. The summed E-state index contributed by atoms with van der Waals surface area (Å²) in [5, 5.41) is 12.4. The van der Waals surface area contributed by atoms with Crippen LogP contribution in [0.1, 0.15) is 5.56 Å². The Morgan fingerprint density at radius 1 is 1.44 bits per heavy atom. The van der Waals surface area contributed by atoms with Crippen molar-refractivity contribution in [2.75, 3.05) is 20.1 Å². The second-order valence-electron chi connectivity index (χ2n) is 4.04. The Hall–Kier alpha value is -0.840. The predicted octanol–water partition coefficient (Wildman–Crippen LogP) is 1.36. The van der Waals surface area contributed by atoms with E-state index >= 15 is 0 Å². The van der Waals surface area contributed by atoms with Crippen LogP contribution in [0.25, 0.3) is 0 Å². The highest BCUT2D eigenvalue weighted by Crippen LogP contribution is 2.17. The first-order valence-electron chi connectivity index (χ1n) is 5.04. The highest BCUT2D eigenvalue weighted by Gasteiger charge is 2.21. The summed E-state index contributed by atoms with van der Waals surface area (Å²) in [6.45, 7) is 2.63. The van der Waals surface area contributed by atoms with Gasteiger partial charge >= 0.3 is 0 Å². The lowest BCUT2D eigenvalue weighted by molar-refractivity contribution is 0.173. The van der Waals surface area contributed by atoms with E-state index < -0.39 is 0 Å². The molecule has 3 nitrogen and oxygen atoms in total. The van der Waals surface area contributed by atoms with Crippen LogP contribution < -0.4 is 5.32 Å². The van der Waals surface area contributed by atoms with Gasteiger partial charge in [0, 0.05) is 31.7 Å². The van der Waals surface area contributed by atoms with Crippen molar-refractivity contribution in [1.29, 1.82) is 0 Å². The number of likely N-dealkylation sites (N-methyl/N-ethyl adjacent to an activating group) is 1. The summed E-state index contributed by atoms with van der Waals surface area (Å²) in [5.74, 6) is -0.393. The first-order valence-corrected chi connectivity index (χ1v) is 5.04. The van der Waals surface area contributed by atoms with Crippen LogP contribution in [-0.4, -0.2) is 36.2 Å². The van der Waals surface area contributed by atoms with Crippen molar-refractivity contribution in [2.24, 2.45) is 0 Å². The van der Waals surface area contributed by atoms with Crippen molar-refractivity contribution in [2.45, 2.75) is 12.6 Å². The number of nitrogens with zero attached hydrogens (tertiary/aromatic N) is 1. The largest absolute Gasteiger partial charge is 0.508 e. The maximum absolute atomic E-state index is 13.0. The molecule has 1 fully saturated rings. The molecule has 0 atom stereocenters. The number of halogens is 2. The third-order valence-corrected chi connectivity index (χ3v) is 2.76. The van der Waals surface area contributed by atoms with E-state index in [1.54, 1.807) is 6.07 Å². The highest BCUT2D eigenvalue weighted by molar-refractivity contribution is 5.85. The molecule has 0 saturated carbocycles. The van der Waals surface area contributed by atoms with E-state index in [1.807, 2.05) is 7.05 Å². The number of phenolic OH excluding ortho intramolecular Hbond substituents is 1. The van der Waals surface area contributed by atoms with Crippen molar-refractivity contribution >= 4 is 12.4 Å². The zero-order chi connectivity index (χ0) is 10.8. The molecule has 1 aliphatic rings. The van der Waals surface area contributed by atoms with Crippen molar-refractivity contribution in [3.8, 4) is 5.75 Å². The topological polar surface area (TPSA) is 35.5 Å². The zero-order valence-electron chi connectivity index (χ0n) is 9.11. The molecule has 2 N–H and O–H groups in total. The first-order chi connectivity index (χ1) is 7.15. The molecule has 1 saturated heterocycles. The van der Waals surface area contributed by atoms with E-state index in [4.69, 9.17) is 0 Å². The number of phenols is 1. The number of rotatable bonds is 3. The smallest absolute Gasteiger partial charge is 0.127 e. The molecule has 1 aromatic carbocycles. The maximum atomic E-state index is 13.0. The predicted molar refractivity (Wildman–Crippen MR) is 63.4 cm³/mol. The van der Waals surface area contributed by atoms with Crippen LogP contribution in [-0.2, 0) is 6.54 Å². The van der Waals surface area contributed by atoms with Gasteiger partial charge in [-0.2, -0.15) is 0 Å². The monoisotopic (exact) mass is 246 g/mol. The van der Waals surface area contributed by atoms with Crippen LogP contribution in [0, 0.1) is 5.82 Å². The van der Waals surface area contributed by atoms with Gasteiger partial charge in [-0.3, -0.25) is 4.90 Å². The molecule has 0 bridgehead atoms. The summed E-state index contributed by atoms with van der Waals surface area (Å²) in [6.07, 6.45) is 0. The Balaban J connectivity index is 0.00000128. The fraction of sp³-hybridized carbons (Fsp3) is 0.455. The second kappa shape index (κ2) is 5.48. The Labute approximate surface area is 101 Å². The summed E-state index contributed by atoms with van der Waals surface area (Å²) in [6, 6.07) is 4.71. The number of aromatic hydroxyl groups is 1. The third kappa shape index (κ3) is 3.07. The van der Waals surface area contributed by atoms with Gasteiger partial charge in [-0.1, -0.05) is 0 Å². The van der Waals surface area contributed by atoms with Gasteiger partial charge in [0.15, 0.2) is 0 Å². The minimum atomic E-state index is -0.384. The fourth-order valence-corrected chi connectivity index (χ4v) is 1.73. The summed E-state index contributed by atoms with van der Waals surface area (Å²) in [4.78, 5) is 2.16. The molecule has 5 heteroatoms. The van der Waals surface area contributed by atoms with E-state index in [0.29, 0.717) is 12.6 Å². The Morgan fingerprint density at radius 2 is 2.12 bits per heavy atom. The van der Waals surface area contributed by atoms with Crippen LogP contribution in [0.2, 0.25) is 0 Å². The molecule has 1 aliphatic heterocycles. The molecule has 0 unspecified atom stereocenters. The van der Waals surface area contributed by atoms with Gasteiger partial charge in [-0.05, 0) is 24.7 Å². The van der Waals surface area contributed by atoms with E-state index in [2.05, 4.69) is 10.2 Å². The van der Waals surface area contributed by atoms with Crippen LogP contribution in [0.4, 0.5) is 4.39 Å². The number of hydrogen-bond acceptors (Lipinski definition) is 3. The lowest BCUT2D eigenvalue weighted by atomic mass is 10.1. The number of benzene rings is 1. The lowest BCUT2D eigenvalue weighted by Gasteiger charge is -2.35. The normalized spacial score (nSPS) is 15.7. The zero-order valence-corrected chi connectivity index (χ0v) is 9.93. The van der Waals surface area contributed by atoms with Crippen LogP contribution in [0.3, 0.4) is 0 Å². The van der Waals surface area contributed by atoms with E-state index in [9.17, 15) is 9.50 Å². The molecule has 90 valence electrons. The molecule has 0 radical (unpaired) electrons. The van der Waals surface area contributed by atoms with E-state index in [0.717, 1.165) is 24.7 Å². The standard InChI is InChI=1S/C11H15FN2O.ClH/c1-14(10-5-13-6-10)7-8-2-9(12)4-11(15)3-8;/h2-4,10,13,15H,5-7H2,1H3;1H. The fourth-order valence-electron chi connectivity index (χ4n) is 1.73. The Bertz CT molecular complexity index is 338. The number of nitrogens with one attached hydrogen (secondary N) is 1. The van der Waals surface area contributed by atoms with Gasteiger partial charge in [0.25, 0.3) is 0 Å². The summed E-state index contributed by atoms with van der Waals surface area (Å²) >= 11 is 0. The van der Waals surface area contributed by atoms with Crippen molar-refractivity contribution in [1.82, 2.24) is 10.2 Å². The van der Waals surface area contributed by atoms with Gasteiger partial charge in [0.2, 0.25) is 0 Å². The minimum absolute atomic E-state index is 0. The second-order valence-corrected chi connectivity index (χ2v) is 4.04. The molecular formula is C11H16ClFN2O. The lowest BCUT2D eigenvalue weighted by Crippen LogP contribution is -2.55. The molecule has 2 rings (SSSR count). The van der Waals surface area contributed by atoms with Crippen molar-refractivity contribution < 1.29 is 9.50 Å². The molecule has 16 heavy (non-hydrogen) atoms. The van der Waals surface area contributed by atoms with E-state index in [-0.39, 0.29) is 24.0 Å². The first kappa shape index (κ1) is 13.2. The summed E-state index contributed by atoms with van der Waals surface area (Å²) in [5.41, 5.74) is 0.807. The average molecular weight is 247 g/mol. The SMILES string of the molecule is CN(Cc1cc(O)cc(F)c1)C1CNC1.Cl. The molecule has 0 amide bonds. The van der Waals surface area contributed by atoms with Gasteiger partial charge in [0.1, 0.15) is 11.6 Å². The molecule has 1 aromatic rings. The quantitative estimate of drug-likeness (QED) is 0.845. The highest BCUT2D eigenvalue weighted by atomic mass is 35.5. The van der Waals surface area contributed by atoms with Crippen LogP contribution in [0.15, 0.2) is 18.2 Å². The molecule has 0 aliphatic carbocycles. The van der Waals surface area contributed by atoms with E-state index in [1.165, 1.54) is 6.07 Å². The van der Waals surface area contributed by atoms with Crippen LogP contribution >= 0.6 is 12.4 Å². The van der Waals surface area contributed by atoms with Crippen molar-refractivity contribution in [3.05, 3.63) is 29.6 Å². The van der Waals surface area contributed by atoms with Gasteiger partial charge < -0.3 is 10.4 Å². The maximum Gasteiger partial charge on any atom is 0.127 e. The number of hydrogen-bond donors (Lipinski definition) is 2. The molecule has 0 spiro atoms. The Morgan fingerprint density at radius 3 is 2.62 bits per heavy atom. The minimum Gasteiger partial charge on any atom is -0.508 e. The Kier molecular flexibility index (Phi) is 4.53. The third-order valence-electron chi connectivity index (χ3n) is 2.76. The molecule has 1 heterocycles. The van der Waals surface area contributed by atoms with Gasteiger partial charge in [-0.15, -0.1) is 12.4 Å². The molecular weight excluding hydrogens is 231 g/mol. The summed E-state index contributed by atoms with van der Waals surface area (Å²) < 4.78 is 13.0. The van der Waals surface area contributed by atoms with Crippen LogP contribution in [0.5, 0.6) is 5.75 Å². The summed E-state index contributed by atoms with van der Waals surface area (Å²) in [7, 11) is 2.01. The average Bonchev–Trinajstić information content (AvgIpc) is 1.96.